The summed E-state index contributed by atoms with van der Waals surface area (Å²) in [5.41, 5.74) is 8.36. The number of rotatable bonds is 9. The first-order valence-corrected chi connectivity index (χ1v) is 10.6. The summed E-state index contributed by atoms with van der Waals surface area (Å²) in [4.78, 5) is 4.62. The van der Waals surface area contributed by atoms with Gasteiger partial charge in [0.2, 0.25) is 5.13 Å². The summed E-state index contributed by atoms with van der Waals surface area (Å²) < 4.78 is 5.76. The number of unbranched alkanes of at least 4 members (excludes halogenated alkanes) is 2. The number of anilines is 1. The van der Waals surface area contributed by atoms with Crippen molar-refractivity contribution in [3.63, 3.8) is 0 Å². The Hall–Kier alpha value is -2.66. The van der Waals surface area contributed by atoms with Crippen LogP contribution in [0.4, 0.5) is 5.13 Å². The molecule has 1 heterocycles. The highest BCUT2D eigenvalue weighted by Crippen LogP contribution is 2.25. The van der Waals surface area contributed by atoms with Crippen LogP contribution in [0.25, 0.3) is 11.3 Å². The zero-order valence-corrected chi connectivity index (χ0v) is 17.6. The summed E-state index contributed by atoms with van der Waals surface area (Å²) in [6, 6.07) is 16.5. The number of thiazole rings is 1. The quantitative estimate of drug-likeness (QED) is 0.256. The molecule has 3 aromatic rings. The number of benzene rings is 2. The van der Waals surface area contributed by atoms with Crippen molar-refractivity contribution in [2.75, 3.05) is 12.0 Å². The fourth-order valence-electron chi connectivity index (χ4n) is 2.71. The van der Waals surface area contributed by atoms with Gasteiger partial charge >= 0.3 is 0 Å². The molecule has 0 aliphatic rings. The summed E-state index contributed by atoms with van der Waals surface area (Å²) in [6.45, 7) is 7.04. The molecule has 0 fully saturated rings. The van der Waals surface area contributed by atoms with Crippen molar-refractivity contribution in [2.24, 2.45) is 5.10 Å². The van der Waals surface area contributed by atoms with Crippen LogP contribution in [0.2, 0.25) is 0 Å². The lowest BCUT2D eigenvalue weighted by molar-refractivity contribution is 0.306. The number of hydrazone groups is 1. The Balaban J connectivity index is 1.57. The lowest BCUT2D eigenvalue weighted by atomic mass is 10.1. The van der Waals surface area contributed by atoms with Crippen LogP contribution in [0.5, 0.6) is 5.75 Å². The van der Waals surface area contributed by atoms with Gasteiger partial charge in [0, 0.05) is 10.9 Å². The van der Waals surface area contributed by atoms with Crippen LogP contribution in [0.15, 0.2) is 59.0 Å². The highest BCUT2D eigenvalue weighted by atomic mass is 32.1. The van der Waals surface area contributed by atoms with Gasteiger partial charge < -0.3 is 4.74 Å². The summed E-state index contributed by atoms with van der Waals surface area (Å²) in [7, 11) is 0. The fourth-order valence-corrected chi connectivity index (χ4v) is 3.37. The van der Waals surface area contributed by atoms with Crippen LogP contribution in [-0.4, -0.2) is 17.3 Å². The van der Waals surface area contributed by atoms with Crippen molar-refractivity contribution in [1.29, 1.82) is 0 Å². The topological polar surface area (TPSA) is 46.5 Å². The van der Waals surface area contributed by atoms with Gasteiger partial charge in [-0.1, -0.05) is 49.6 Å². The molecule has 1 N–H and O–H groups in total. The molecule has 0 aliphatic heterocycles. The van der Waals surface area contributed by atoms with E-state index in [-0.39, 0.29) is 0 Å². The van der Waals surface area contributed by atoms with Gasteiger partial charge in [-0.3, -0.25) is 5.43 Å². The Bertz CT molecular complexity index is 898. The SMILES string of the molecule is CCCCCOc1ccc(/C(C)=N\Nc2nc(-c3ccc(C)cc3)cs2)cc1. The molecule has 0 amide bonds. The van der Waals surface area contributed by atoms with E-state index in [1.807, 2.05) is 36.6 Å². The first-order valence-electron chi connectivity index (χ1n) is 9.72. The van der Waals surface area contributed by atoms with Crippen LogP contribution < -0.4 is 10.2 Å². The molecule has 0 unspecified atom stereocenters. The van der Waals surface area contributed by atoms with Gasteiger partial charge in [0.25, 0.3) is 0 Å². The molecular weight excluding hydrogens is 366 g/mol. The number of nitrogens with zero attached hydrogens (tertiary/aromatic N) is 2. The minimum Gasteiger partial charge on any atom is -0.494 e. The van der Waals surface area contributed by atoms with Gasteiger partial charge in [-0.15, -0.1) is 11.3 Å². The van der Waals surface area contributed by atoms with Crippen LogP contribution >= 0.6 is 11.3 Å². The number of hydrogen-bond acceptors (Lipinski definition) is 5. The third-order valence-electron chi connectivity index (χ3n) is 4.46. The molecule has 3 rings (SSSR count). The first kappa shape index (κ1) is 20.1. The van der Waals surface area contributed by atoms with E-state index in [0.29, 0.717) is 0 Å². The molecule has 0 spiro atoms. The minimum absolute atomic E-state index is 0.773. The van der Waals surface area contributed by atoms with Crippen LogP contribution in [0, 0.1) is 6.92 Å². The summed E-state index contributed by atoms with van der Waals surface area (Å²) >= 11 is 1.55. The van der Waals surface area contributed by atoms with Gasteiger partial charge in [0.15, 0.2) is 0 Å². The molecule has 28 heavy (non-hydrogen) atoms. The predicted molar refractivity (Wildman–Crippen MR) is 120 cm³/mol. The Morgan fingerprint density at radius 3 is 2.54 bits per heavy atom. The molecule has 5 heteroatoms. The number of aryl methyl sites for hydroxylation is 1. The second-order valence-corrected chi connectivity index (χ2v) is 7.65. The standard InChI is InChI=1S/C23H27N3OS/c1-4-5-6-15-27-21-13-11-19(12-14-21)18(3)25-26-23-24-22(16-28-23)20-9-7-17(2)8-10-20/h7-14,16H,4-6,15H2,1-3H3,(H,24,26)/b25-18-. The second kappa shape index (κ2) is 10.0. The molecule has 1 aromatic heterocycles. The molecule has 0 radical (unpaired) electrons. The lowest BCUT2D eigenvalue weighted by Gasteiger charge is -2.07. The average Bonchev–Trinajstić information content (AvgIpc) is 3.19. The Kier molecular flexibility index (Phi) is 7.20. The maximum atomic E-state index is 5.76. The Labute approximate surface area is 171 Å². The molecule has 0 saturated carbocycles. The fraction of sp³-hybridized carbons (Fsp3) is 0.304. The Morgan fingerprint density at radius 1 is 1.07 bits per heavy atom. The average molecular weight is 394 g/mol. The monoisotopic (exact) mass is 393 g/mol. The first-order chi connectivity index (χ1) is 13.7. The number of aromatic nitrogens is 1. The predicted octanol–water partition coefficient (Wildman–Crippen LogP) is 6.52. The molecule has 2 aromatic carbocycles. The minimum atomic E-state index is 0.773. The third-order valence-corrected chi connectivity index (χ3v) is 5.21. The van der Waals surface area contributed by atoms with Crippen molar-refractivity contribution < 1.29 is 4.74 Å². The number of nitrogens with one attached hydrogen (secondary N) is 1. The smallest absolute Gasteiger partial charge is 0.203 e. The van der Waals surface area contributed by atoms with Crippen LogP contribution in [-0.2, 0) is 0 Å². The maximum absolute atomic E-state index is 5.76. The highest BCUT2D eigenvalue weighted by molar-refractivity contribution is 7.14. The van der Waals surface area contributed by atoms with Crippen molar-refractivity contribution >= 4 is 22.2 Å². The van der Waals surface area contributed by atoms with E-state index in [0.717, 1.165) is 46.4 Å². The maximum Gasteiger partial charge on any atom is 0.203 e. The largest absolute Gasteiger partial charge is 0.494 e. The van der Waals surface area contributed by atoms with Gasteiger partial charge in [0.05, 0.1) is 18.0 Å². The van der Waals surface area contributed by atoms with E-state index < -0.39 is 0 Å². The van der Waals surface area contributed by atoms with E-state index >= 15 is 0 Å². The zero-order valence-electron chi connectivity index (χ0n) is 16.7. The summed E-state index contributed by atoms with van der Waals surface area (Å²) in [5, 5.41) is 7.30. The zero-order chi connectivity index (χ0) is 19.8. The lowest BCUT2D eigenvalue weighted by Crippen LogP contribution is -2.01. The molecular formula is C23H27N3OS. The van der Waals surface area contributed by atoms with Crippen LogP contribution in [0.1, 0.15) is 44.2 Å². The molecule has 0 atom stereocenters. The van der Waals surface area contributed by atoms with Crippen molar-refractivity contribution in [1.82, 2.24) is 4.98 Å². The van der Waals surface area contributed by atoms with Crippen molar-refractivity contribution in [3.8, 4) is 17.0 Å². The highest BCUT2D eigenvalue weighted by Gasteiger charge is 2.05. The van der Waals surface area contributed by atoms with E-state index in [1.165, 1.54) is 18.4 Å². The van der Waals surface area contributed by atoms with E-state index in [9.17, 15) is 0 Å². The third kappa shape index (κ3) is 5.67. The second-order valence-electron chi connectivity index (χ2n) is 6.79. The molecule has 0 bridgehead atoms. The van der Waals surface area contributed by atoms with E-state index in [1.54, 1.807) is 11.3 Å². The van der Waals surface area contributed by atoms with Gasteiger partial charge in [-0.2, -0.15) is 5.10 Å². The van der Waals surface area contributed by atoms with E-state index in [4.69, 9.17) is 4.74 Å². The normalized spacial score (nSPS) is 11.5. The number of hydrogen-bond donors (Lipinski definition) is 1. The summed E-state index contributed by atoms with van der Waals surface area (Å²) in [6.07, 6.45) is 3.51. The number of ether oxygens (including phenoxy) is 1. The molecule has 0 aliphatic carbocycles. The van der Waals surface area contributed by atoms with Crippen molar-refractivity contribution in [2.45, 2.75) is 40.0 Å². The van der Waals surface area contributed by atoms with Gasteiger partial charge in [0.1, 0.15) is 5.75 Å². The molecule has 4 nitrogen and oxygen atoms in total. The Morgan fingerprint density at radius 2 is 1.82 bits per heavy atom. The van der Waals surface area contributed by atoms with E-state index in [2.05, 4.69) is 53.6 Å². The van der Waals surface area contributed by atoms with Crippen LogP contribution in [0.3, 0.4) is 0 Å². The van der Waals surface area contributed by atoms with Gasteiger partial charge in [-0.05, 0) is 50.1 Å². The molecule has 0 saturated heterocycles. The van der Waals surface area contributed by atoms with Crippen molar-refractivity contribution in [3.05, 3.63) is 65.0 Å². The summed E-state index contributed by atoms with van der Waals surface area (Å²) in [5.74, 6) is 0.906. The molecule has 146 valence electrons. The van der Waals surface area contributed by atoms with Gasteiger partial charge in [-0.25, -0.2) is 4.98 Å².